The van der Waals surface area contributed by atoms with Crippen LogP contribution in [0.4, 0.5) is 5.69 Å². The van der Waals surface area contributed by atoms with Gasteiger partial charge in [-0.25, -0.2) is 0 Å². The zero-order valence-corrected chi connectivity index (χ0v) is 11.0. The molecule has 0 amide bonds. The molecule has 4 heteroatoms. The number of thioether (sulfide) groups is 1. The van der Waals surface area contributed by atoms with E-state index in [1.165, 1.54) is 0 Å². The average molecular weight is 238 g/mol. The molecule has 0 saturated carbocycles. The maximum Gasteiger partial charge on any atom is 0.160 e. The fraction of sp³-hybridized carbons (Fsp3) is 0.417. The molecule has 0 spiro atoms. The van der Waals surface area contributed by atoms with E-state index in [9.17, 15) is 0 Å². The first-order valence-corrected chi connectivity index (χ1v) is 6.42. The summed E-state index contributed by atoms with van der Waals surface area (Å²) in [4.78, 5) is 4.11. The van der Waals surface area contributed by atoms with Crippen LogP contribution in [0.2, 0.25) is 0 Å². The summed E-state index contributed by atoms with van der Waals surface area (Å²) in [6, 6.07) is 7.88. The molecule has 1 rings (SSSR count). The Bertz CT molecular complexity index is 347. The lowest BCUT2D eigenvalue weighted by Crippen LogP contribution is -2.07. The van der Waals surface area contributed by atoms with Gasteiger partial charge in [-0.2, -0.15) is 0 Å². The summed E-state index contributed by atoms with van der Waals surface area (Å²) in [6.07, 6.45) is 2.20. The first-order chi connectivity index (χ1) is 7.65. The predicted octanol–water partition coefficient (Wildman–Crippen LogP) is 3.23. The van der Waals surface area contributed by atoms with Gasteiger partial charge in [0.25, 0.3) is 0 Å². The van der Waals surface area contributed by atoms with E-state index in [1.807, 2.05) is 44.4 Å². The number of benzene rings is 1. The second-order valence-electron chi connectivity index (χ2n) is 3.55. The molecule has 0 heterocycles. The molecule has 0 aliphatic rings. The molecule has 0 radical (unpaired) electrons. The summed E-state index contributed by atoms with van der Waals surface area (Å²) in [5, 5.41) is 4.12. The highest BCUT2D eigenvalue weighted by molar-refractivity contribution is 8.13. The molecular weight excluding hydrogens is 220 g/mol. The first kappa shape index (κ1) is 12.9. The molecule has 0 unspecified atom stereocenters. The van der Waals surface area contributed by atoms with E-state index in [0.29, 0.717) is 0 Å². The summed E-state index contributed by atoms with van der Waals surface area (Å²) in [5.74, 6) is 0.889. The van der Waals surface area contributed by atoms with E-state index < -0.39 is 0 Å². The number of hydrogen-bond donors (Lipinski definition) is 1. The zero-order valence-electron chi connectivity index (χ0n) is 10.2. The first-order valence-electron chi connectivity index (χ1n) is 5.20. The van der Waals surface area contributed by atoms with Gasteiger partial charge in [-0.3, -0.25) is 4.99 Å². The van der Waals surface area contributed by atoms with Gasteiger partial charge in [0.15, 0.2) is 5.17 Å². The van der Waals surface area contributed by atoms with Crippen molar-refractivity contribution in [3.63, 3.8) is 0 Å². The molecule has 88 valence electrons. The van der Waals surface area contributed by atoms with E-state index in [4.69, 9.17) is 4.74 Å². The van der Waals surface area contributed by atoms with Gasteiger partial charge in [0.05, 0.1) is 6.10 Å². The lowest BCUT2D eigenvalue weighted by molar-refractivity contribution is 0.242. The van der Waals surface area contributed by atoms with Crippen molar-refractivity contribution in [3.8, 4) is 5.75 Å². The lowest BCUT2D eigenvalue weighted by Gasteiger charge is -2.11. The van der Waals surface area contributed by atoms with E-state index >= 15 is 0 Å². The van der Waals surface area contributed by atoms with Crippen molar-refractivity contribution in [3.05, 3.63) is 24.3 Å². The highest BCUT2D eigenvalue weighted by Crippen LogP contribution is 2.17. The summed E-state index contributed by atoms with van der Waals surface area (Å²) >= 11 is 1.59. The number of anilines is 1. The van der Waals surface area contributed by atoms with Crippen LogP contribution in [-0.4, -0.2) is 24.6 Å². The number of nitrogens with zero attached hydrogens (tertiary/aromatic N) is 1. The van der Waals surface area contributed by atoms with Crippen LogP contribution >= 0.6 is 11.8 Å². The standard InChI is InChI=1S/C12H18N2OS/c1-9(2)15-11-7-5-10(6-8-11)14-12(13-3)16-4/h5-9H,1-4H3,(H,13,14). The number of aliphatic imine (C=N–C) groups is 1. The number of amidine groups is 1. The van der Waals surface area contributed by atoms with Gasteiger partial charge in [-0.15, -0.1) is 0 Å². The fourth-order valence-corrected chi connectivity index (χ4v) is 1.61. The molecule has 1 aromatic rings. The minimum atomic E-state index is 0.206. The Labute approximate surface area is 101 Å². The molecule has 0 aliphatic carbocycles. The summed E-state index contributed by atoms with van der Waals surface area (Å²) < 4.78 is 5.56. The Morgan fingerprint density at radius 2 is 1.94 bits per heavy atom. The second kappa shape index (κ2) is 6.43. The molecular formula is C12H18N2OS. The molecule has 1 N–H and O–H groups in total. The summed E-state index contributed by atoms with van der Waals surface area (Å²) in [7, 11) is 1.77. The highest BCUT2D eigenvalue weighted by atomic mass is 32.2. The van der Waals surface area contributed by atoms with Crippen LogP contribution in [0.25, 0.3) is 0 Å². The van der Waals surface area contributed by atoms with Crippen molar-refractivity contribution in [2.45, 2.75) is 20.0 Å². The normalized spacial score (nSPS) is 11.7. The third kappa shape index (κ3) is 4.14. The minimum absolute atomic E-state index is 0.206. The van der Waals surface area contributed by atoms with Gasteiger partial charge in [0.2, 0.25) is 0 Å². The van der Waals surface area contributed by atoms with Crippen LogP contribution in [0.5, 0.6) is 5.75 Å². The Morgan fingerprint density at radius 3 is 2.38 bits per heavy atom. The molecule has 1 aromatic carbocycles. The number of hydrogen-bond acceptors (Lipinski definition) is 3. The lowest BCUT2D eigenvalue weighted by atomic mass is 10.3. The van der Waals surface area contributed by atoms with Gasteiger partial charge in [-0.1, -0.05) is 11.8 Å². The van der Waals surface area contributed by atoms with Crippen LogP contribution in [0.15, 0.2) is 29.3 Å². The van der Waals surface area contributed by atoms with Crippen molar-refractivity contribution in [2.24, 2.45) is 4.99 Å². The second-order valence-corrected chi connectivity index (χ2v) is 4.34. The topological polar surface area (TPSA) is 33.6 Å². The van der Waals surface area contributed by atoms with Crippen molar-refractivity contribution >= 4 is 22.6 Å². The van der Waals surface area contributed by atoms with Crippen molar-refractivity contribution < 1.29 is 4.74 Å². The Hall–Kier alpha value is -1.16. The van der Waals surface area contributed by atoms with Crippen molar-refractivity contribution in [1.29, 1.82) is 0 Å². The van der Waals surface area contributed by atoms with Gasteiger partial charge < -0.3 is 10.1 Å². The quantitative estimate of drug-likeness (QED) is 0.648. The summed E-state index contributed by atoms with van der Waals surface area (Å²) in [6.45, 7) is 4.03. The molecule has 3 nitrogen and oxygen atoms in total. The molecule has 0 fully saturated rings. The monoisotopic (exact) mass is 238 g/mol. The van der Waals surface area contributed by atoms with Crippen LogP contribution < -0.4 is 10.1 Å². The Kier molecular flexibility index (Phi) is 5.19. The maximum atomic E-state index is 5.56. The number of nitrogens with one attached hydrogen (secondary N) is 1. The van der Waals surface area contributed by atoms with Gasteiger partial charge in [-0.05, 0) is 44.4 Å². The van der Waals surface area contributed by atoms with E-state index in [2.05, 4.69) is 10.3 Å². The van der Waals surface area contributed by atoms with Crippen molar-refractivity contribution in [2.75, 3.05) is 18.6 Å². The SMILES string of the molecule is CN=C(Nc1ccc(OC(C)C)cc1)SC. The van der Waals surface area contributed by atoms with Crippen LogP contribution in [0.3, 0.4) is 0 Å². The van der Waals surface area contributed by atoms with Crippen LogP contribution in [0, 0.1) is 0 Å². The highest BCUT2D eigenvalue weighted by Gasteiger charge is 1.99. The van der Waals surface area contributed by atoms with E-state index in [1.54, 1.807) is 18.8 Å². The van der Waals surface area contributed by atoms with Crippen LogP contribution in [0.1, 0.15) is 13.8 Å². The maximum absolute atomic E-state index is 5.56. The predicted molar refractivity (Wildman–Crippen MR) is 72.7 cm³/mol. The van der Waals surface area contributed by atoms with Gasteiger partial charge in [0.1, 0.15) is 5.75 Å². The third-order valence-corrected chi connectivity index (χ3v) is 2.55. The van der Waals surface area contributed by atoms with E-state index in [-0.39, 0.29) is 6.10 Å². The molecule has 16 heavy (non-hydrogen) atoms. The Balaban J connectivity index is 2.64. The average Bonchev–Trinajstić information content (AvgIpc) is 2.27. The van der Waals surface area contributed by atoms with Gasteiger partial charge >= 0.3 is 0 Å². The zero-order chi connectivity index (χ0) is 12.0. The minimum Gasteiger partial charge on any atom is -0.491 e. The molecule has 0 aliphatic heterocycles. The third-order valence-electron chi connectivity index (χ3n) is 1.87. The number of ether oxygens (including phenoxy) is 1. The van der Waals surface area contributed by atoms with E-state index in [0.717, 1.165) is 16.6 Å². The number of rotatable bonds is 3. The smallest absolute Gasteiger partial charge is 0.160 e. The molecule has 0 saturated heterocycles. The Morgan fingerprint density at radius 1 is 1.31 bits per heavy atom. The fourth-order valence-electron chi connectivity index (χ4n) is 1.21. The molecule has 0 aromatic heterocycles. The molecule has 0 atom stereocenters. The largest absolute Gasteiger partial charge is 0.491 e. The van der Waals surface area contributed by atoms with Crippen LogP contribution in [-0.2, 0) is 0 Å². The summed E-state index contributed by atoms with van der Waals surface area (Å²) in [5.41, 5.74) is 1.02. The van der Waals surface area contributed by atoms with Crippen molar-refractivity contribution in [1.82, 2.24) is 0 Å². The molecule has 0 bridgehead atoms. The van der Waals surface area contributed by atoms with Gasteiger partial charge in [0, 0.05) is 12.7 Å².